The number of fused-ring (bicyclic) bond motifs is 1. The Morgan fingerprint density at radius 2 is 1.53 bits per heavy atom. The molecule has 0 saturated carbocycles. The van der Waals surface area contributed by atoms with Crippen LogP contribution in [0, 0.1) is 16.0 Å². The lowest BCUT2D eigenvalue weighted by atomic mass is 9.75. The minimum atomic E-state index is -3.68. The number of nitrogens with one attached hydrogen (secondary N) is 1. The number of hydrogen-bond acceptors (Lipinski definition) is 11. The molecule has 0 bridgehead atoms. The number of nitro groups is 1. The van der Waals surface area contributed by atoms with Crippen LogP contribution >= 0.6 is 18.1 Å². The maximum absolute atomic E-state index is 13.3. The Morgan fingerprint density at radius 3 is 2.07 bits per heavy atom. The van der Waals surface area contributed by atoms with Crippen LogP contribution in [0.3, 0.4) is 0 Å². The van der Waals surface area contributed by atoms with E-state index in [-0.39, 0.29) is 42.6 Å². The third kappa shape index (κ3) is 9.11. The summed E-state index contributed by atoms with van der Waals surface area (Å²) in [6, 6.07) is 37.0. The minimum absolute atomic E-state index is 0.00605. The van der Waals surface area contributed by atoms with Gasteiger partial charge in [0, 0.05) is 37.6 Å². The number of carbonyl (C=O) groups excluding carboxylic acids is 1. The first kappa shape index (κ1) is 42.6. The molecule has 7 rings (SSSR count). The summed E-state index contributed by atoms with van der Waals surface area (Å²) in [7, 11) is 3.18. The van der Waals surface area contributed by atoms with Gasteiger partial charge >= 0.3 is 6.87 Å². The molecular formula is C43H46ClN8O7P. The van der Waals surface area contributed by atoms with Gasteiger partial charge in [-0.3, -0.25) is 34.3 Å². The van der Waals surface area contributed by atoms with Gasteiger partial charge in [0.05, 0.1) is 36.1 Å². The van der Waals surface area contributed by atoms with Crippen molar-refractivity contribution < 1.29 is 28.3 Å². The number of imidazole rings is 1. The molecular weight excluding hydrogens is 807 g/mol. The van der Waals surface area contributed by atoms with Crippen molar-refractivity contribution in [1.82, 2.24) is 29.1 Å². The Balaban J connectivity index is 1.33. The number of aromatic nitrogens is 4. The van der Waals surface area contributed by atoms with E-state index < -0.39 is 29.7 Å². The molecule has 312 valence electrons. The van der Waals surface area contributed by atoms with Crippen molar-refractivity contribution >= 4 is 46.8 Å². The number of hydrogen-bond donors (Lipinski definition) is 1. The molecule has 3 atom stereocenters. The summed E-state index contributed by atoms with van der Waals surface area (Å²) in [5.74, 6) is -0.506. The zero-order valence-corrected chi connectivity index (χ0v) is 35.3. The number of nitro benzene ring substituents is 1. The smallest absolute Gasteiger partial charge is 0.362 e. The van der Waals surface area contributed by atoms with Crippen LogP contribution in [-0.4, -0.2) is 86.4 Å². The predicted octanol–water partition coefficient (Wildman–Crippen LogP) is 8.07. The molecule has 1 saturated heterocycles. The molecule has 1 aliphatic heterocycles. The third-order valence-corrected chi connectivity index (χ3v) is 13.0. The normalized spacial score (nSPS) is 17.1. The van der Waals surface area contributed by atoms with Gasteiger partial charge in [-0.15, -0.1) is 0 Å². The number of amides is 1. The molecule has 1 N–H and O–H groups in total. The Labute approximate surface area is 352 Å². The highest BCUT2D eigenvalue weighted by molar-refractivity contribution is 7.83. The van der Waals surface area contributed by atoms with E-state index in [1.165, 1.54) is 16.8 Å². The second-order valence-electron chi connectivity index (χ2n) is 14.9. The second-order valence-corrected chi connectivity index (χ2v) is 18.1. The topological polar surface area (TPSA) is 167 Å². The molecule has 0 radical (unpaired) electrons. The quantitative estimate of drug-likeness (QED) is 0.0431. The zero-order valence-electron chi connectivity index (χ0n) is 33.6. The first-order valence-electron chi connectivity index (χ1n) is 19.5. The largest absolute Gasteiger partial charge is 0.476 e. The average Bonchev–Trinajstić information content (AvgIpc) is 3.69. The minimum Gasteiger partial charge on any atom is -0.476 e. The van der Waals surface area contributed by atoms with Gasteiger partial charge in [0.25, 0.3) is 5.69 Å². The van der Waals surface area contributed by atoms with Crippen LogP contribution in [0.5, 0.6) is 5.88 Å². The Kier molecular flexibility index (Phi) is 13.0. The fourth-order valence-electron chi connectivity index (χ4n) is 7.28. The second kappa shape index (κ2) is 18.4. The van der Waals surface area contributed by atoms with Crippen LogP contribution in [0.1, 0.15) is 42.3 Å². The maximum Gasteiger partial charge on any atom is 0.362 e. The number of anilines is 1. The summed E-state index contributed by atoms with van der Waals surface area (Å²) in [6.45, 7) is 0.548. The Hall–Kier alpha value is -5.54. The van der Waals surface area contributed by atoms with Gasteiger partial charge in [0.15, 0.2) is 11.2 Å². The molecule has 0 spiro atoms. The number of ether oxygens (including phenoxy) is 2. The average molecular weight is 853 g/mol. The zero-order chi connectivity index (χ0) is 42.4. The van der Waals surface area contributed by atoms with Gasteiger partial charge < -0.3 is 14.0 Å². The van der Waals surface area contributed by atoms with E-state index in [4.69, 9.17) is 35.2 Å². The van der Waals surface area contributed by atoms with E-state index in [9.17, 15) is 19.5 Å². The summed E-state index contributed by atoms with van der Waals surface area (Å²) < 4.78 is 35.4. The van der Waals surface area contributed by atoms with Crippen LogP contribution < -0.4 is 10.1 Å². The number of nitrogens with zero attached hydrogens (tertiary/aromatic N) is 7. The predicted molar refractivity (Wildman–Crippen MR) is 229 cm³/mol. The number of carbonyl (C=O) groups is 1. The van der Waals surface area contributed by atoms with Crippen molar-refractivity contribution in [2.45, 2.75) is 38.1 Å². The maximum atomic E-state index is 13.3. The van der Waals surface area contributed by atoms with Gasteiger partial charge in [0.1, 0.15) is 6.23 Å². The van der Waals surface area contributed by atoms with Crippen molar-refractivity contribution in [3.63, 3.8) is 0 Å². The molecule has 3 unspecified atom stereocenters. The molecule has 1 fully saturated rings. The molecule has 4 aromatic carbocycles. The standard InChI is InChI=1S/C43H46ClN8O7P/c1-30(2)40(53)47-42-46-39-38(41(48-42)57-25-24-31-20-22-35(23-21-31)52(54)55)45-29-51(39)37-27-50(26-36(59-37)28-58-60(44,56)49(3)4)43(32-14-8-5-9-15-32,33-16-10-6-11-17-33)34-18-12-7-13-19-34/h5-23,29-30,36-37H,24-28H2,1-4H3,(H,46,47,48,53). The van der Waals surface area contributed by atoms with Crippen LogP contribution in [0.4, 0.5) is 11.6 Å². The highest BCUT2D eigenvalue weighted by Crippen LogP contribution is 2.54. The molecule has 60 heavy (non-hydrogen) atoms. The molecule has 6 aromatic rings. The van der Waals surface area contributed by atoms with Crippen LogP contribution in [0.2, 0.25) is 0 Å². The summed E-state index contributed by atoms with van der Waals surface area (Å²) in [5.41, 5.74) is 3.66. The van der Waals surface area contributed by atoms with Crippen molar-refractivity contribution in [1.29, 1.82) is 0 Å². The van der Waals surface area contributed by atoms with Crippen molar-refractivity contribution in [2.24, 2.45) is 5.92 Å². The Morgan fingerprint density at radius 1 is 0.950 bits per heavy atom. The highest BCUT2D eigenvalue weighted by atomic mass is 35.7. The van der Waals surface area contributed by atoms with E-state index in [0.717, 1.165) is 22.3 Å². The number of benzene rings is 4. The lowest BCUT2D eigenvalue weighted by Crippen LogP contribution is -2.57. The van der Waals surface area contributed by atoms with Crippen molar-refractivity contribution in [3.05, 3.63) is 154 Å². The summed E-state index contributed by atoms with van der Waals surface area (Å²) in [4.78, 5) is 40.1. The van der Waals surface area contributed by atoms with E-state index in [2.05, 4.69) is 51.6 Å². The summed E-state index contributed by atoms with van der Waals surface area (Å²) >= 11 is 6.40. The molecule has 1 amide bonds. The van der Waals surface area contributed by atoms with Crippen molar-refractivity contribution in [3.8, 4) is 5.88 Å². The Bertz CT molecular complexity index is 2360. The van der Waals surface area contributed by atoms with Gasteiger partial charge in [-0.2, -0.15) is 9.97 Å². The fourth-order valence-corrected chi connectivity index (χ4v) is 8.03. The lowest BCUT2D eigenvalue weighted by molar-refractivity contribution is -0.384. The molecule has 0 aliphatic carbocycles. The van der Waals surface area contributed by atoms with E-state index in [1.807, 2.05) is 54.6 Å². The number of halogens is 1. The monoisotopic (exact) mass is 852 g/mol. The van der Waals surface area contributed by atoms with Crippen LogP contribution in [-0.2, 0) is 30.6 Å². The fraction of sp³-hybridized carbons (Fsp3) is 0.302. The lowest BCUT2D eigenvalue weighted by Gasteiger charge is -2.50. The van der Waals surface area contributed by atoms with E-state index >= 15 is 0 Å². The first-order valence-corrected chi connectivity index (χ1v) is 22.0. The summed E-state index contributed by atoms with van der Waals surface area (Å²) in [6.07, 6.45) is 0.587. The summed E-state index contributed by atoms with van der Waals surface area (Å²) in [5, 5.41) is 14.0. The molecule has 2 aromatic heterocycles. The molecule has 1 aliphatic rings. The van der Waals surface area contributed by atoms with E-state index in [1.54, 1.807) is 51.0 Å². The van der Waals surface area contributed by atoms with Crippen LogP contribution in [0.15, 0.2) is 122 Å². The molecule has 3 heterocycles. The number of non-ortho nitro benzene ring substituents is 1. The van der Waals surface area contributed by atoms with Gasteiger partial charge in [-0.25, -0.2) is 9.65 Å². The van der Waals surface area contributed by atoms with E-state index in [0.29, 0.717) is 30.7 Å². The SMILES string of the molecule is CC(C)C(=O)Nc1nc(OCCc2ccc([N+](=O)[O-])cc2)c2ncn(C3CN(C(c4ccccc4)(c4ccccc4)c4ccccc4)CC(COP(=O)(Cl)N(C)C)O3)c2n1. The first-order chi connectivity index (χ1) is 28.9. The van der Waals surface area contributed by atoms with Gasteiger partial charge in [-0.1, -0.05) is 117 Å². The number of rotatable bonds is 16. The molecule has 15 nitrogen and oxygen atoms in total. The highest BCUT2D eigenvalue weighted by Gasteiger charge is 2.47. The molecule has 17 heteroatoms. The third-order valence-electron chi connectivity index (χ3n) is 10.3. The van der Waals surface area contributed by atoms with Crippen LogP contribution in [0.25, 0.3) is 11.2 Å². The van der Waals surface area contributed by atoms with Gasteiger partial charge in [0.2, 0.25) is 17.7 Å². The number of morpholine rings is 1. The van der Waals surface area contributed by atoms with Gasteiger partial charge in [-0.05, 0) is 47.6 Å². The van der Waals surface area contributed by atoms with Crippen molar-refractivity contribution in [2.75, 3.05) is 45.7 Å².